The Balaban J connectivity index is 2.11. The van der Waals surface area contributed by atoms with E-state index in [0.717, 1.165) is 6.42 Å². The lowest BCUT2D eigenvalue weighted by Gasteiger charge is -2.33. The zero-order valence-corrected chi connectivity index (χ0v) is 20.4. The second kappa shape index (κ2) is 8.69. The van der Waals surface area contributed by atoms with Crippen LogP contribution in [0.25, 0.3) is 0 Å². The van der Waals surface area contributed by atoms with Gasteiger partial charge in [-0.2, -0.15) is 0 Å². The van der Waals surface area contributed by atoms with Gasteiger partial charge in [-0.3, -0.25) is 4.79 Å². The van der Waals surface area contributed by atoms with Crippen LogP contribution in [0.1, 0.15) is 58.3 Å². The number of nitrogens with zero attached hydrogens (tertiary/aromatic N) is 3. The van der Waals surface area contributed by atoms with Gasteiger partial charge in [0.15, 0.2) is 5.03 Å². The summed E-state index contributed by atoms with van der Waals surface area (Å²) in [5.41, 5.74) is 5.33. The number of carbonyl (C=O) groups excluding carboxylic acids is 1. The maximum atomic E-state index is 13.6. The minimum Gasteiger partial charge on any atom is -0.367 e. The molecule has 174 valence electrons. The Morgan fingerprint density at radius 2 is 1.94 bits per heavy atom. The second-order valence-corrected chi connectivity index (χ2v) is 11.5. The molecule has 1 aliphatic heterocycles. The molecule has 8 nitrogen and oxygen atoms in total. The Kier molecular flexibility index (Phi) is 6.51. The smallest absolute Gasteiger partial charge is 0.253 e. The molecule has 0 spiro atoms. The highest BCUT2D eigenvalue weighted by Crippen LogP contribution is 2.39. The van der Waals surface area contributed by atoms with Crippen molar-refractivity contribution in [2.45, 2.75) is 69.5 Å². The summed E-state index contributed by atoms with van der Waals surface area (Å²) in [5, 5.41) is 3.08. The van der Waals surface area contributed by atoms with Crippen LogP contribution in [-0.4, -0.2) is 42.4 Å². The van der Waals surface area contributed by atoms with Crippen LogP contribution >= 0.6 is 0 Å². The zero-order valence-electron chi connectivity index (χ0n) is 19.6. The van der Waals surface area contributed by atoms with Gasteiger partial charge in [-0.15, -0.1) is 0 Å². The first kappa shape index (κ1) is 24.0. The number of nitrogens with two attached hydrogens (primary N) is 1. The second-order valence-electron chi connectivity index (χ2n) is 9.65. The molecule has 1 saturated heterocycles. The Labute approximate surface area is 190 Å². The molecule has 0 saturated carbocycles. The Morgan fingerprint density at radius 3 is 2.50 bits per heavy atom. The third kappa shape index (κ3) is 4.57. The molecule has 3 N–H and O–H groups in total. The van der Waals surface area contributed by atoms with Crippen LogP contribution in [0.5, 0.6) is 0 Å². The van der Waals surface area contributed by atoms with E-state index in [0.29, 0.717) is 30.0 Å². The number of hydrogen-bond donors (Lipinski definition) is 2. The molecule has 3 heterocycles. The van der Waals surface area contributed by atoms with Gasteiger partial charge in [0.05, 0.1) is 4.90 Å². The summed E-state index contributed by atoms with van der Waals surface area (Å²) in [4.78, 5) is 23.0. The molecule has 2 aromatic heterocycles. The van der Waals surface area contributed by atoms with Crippen LogP contribution in [0, 0.1) is 11.8 Å². The van der Waals surface area contributed by atoms with Crippen molar-refractivity contribution < 1.29 is 13.2 Å². The van der Waals surface area contributed by atoms with Gasteiger partial charge in [0.2, 0.25) is 9.84 Å². The lowest BCUT2D eigenvalue weighted by atomic mass is 9.97. The van der Waals surface area contributed by atoms with Crippen molar-refractivity contribution >= 4 is 27.4 Å². The van der Waals surface area contributed by atoms with Crippen LogP contribution in [0.15, 0.2) is 40.4 Å². The first-order chi connectivity index (χ1) is 14.8. The fourth-order valence-electron chi connectivity index (χ4n) is 4.21. The van der Waals surface area contributed by atoms with Gasteiger partial charge in [0.25, 0.3) is 5.91 Å². The normalized spacial score (nSPS) is 19.2. The fraction of sp³-hybridized carbons (Fsp3) is 0.522. The highest BCUT2D eigenvalue weighted by molar-refractivity contribution is 7.91. The Bertz CT molecular complexity index is 1110. The van der Waals surface area contributed by atoms with Crippen molar-refractivity contribution in [3.63, 3.8) is 0 Å². The molecule has 0 aromatic carbocycles. The van der Waals surface area contributed by atoms with Crippen molar-refractivity contribution in [2.75, 3.05) is 16.8 Å². The molecule has 1 aliphatic rings. The van der Waals surface area contributed by atoms with Gasteiger partial charge in [-0.1, -0.05) is 26.8 Å². The number of nitrogens with one attached hydrogen (secondary N) is 1. The summed E-state index contributed by atoms with van der Waals surface area (Å²) in [6, 6.07) is 6.21. The highest BCUT2D eigenvalue weighted by atomic mass is 32.2. The standard InChI is InChI=1S/C23H33N5O3S/c1-14(2)16(4)26-18-8-7-9-19(27-18)32(30,31)17-10-11-25-22(20(17)21(24)29)28-13-15(3)12-23(28,5)6/h7-11,14-16H,12-13H2,1-6H3,(H2,24,29)(H,26,27)/t15?,16-/m1/s1. The summed E-state index contributed by atoms with van der Waals surface area (Å²) in [5.74, 6) is 0.643. The van der Waals surface area contributed by atoms with E-state index < -0.39 is 15.7 Å². The minimum absolute atomic E-state index is 0.0922. The van der Waals surface area contributed by atoms with Crippen LogP contribution in [0.3, 0.4) is 0 Å². The van der Waals surface area contributed by atoms with Crippen molar-refractivity contribution in [1.82, 2.24) is 9.97 Å². The van der Waals surface area contributed by atoms with Gasteiger partial charge < -0.3 is 16.0 Å². The highest BCUT2D eigenvalue weighted by Gasteiger charge is 2.40. The summed E-state index contributed by atoms with van der Waals surface area (Å²) in [6.45, 7) is 13.0. The summed E-state index contributed by atoms with van der Waals surface area (Å²) in [6.07, 6.45) is 2.31. The molecule has 1 unspecified atom stereocenters. The lowest BCUT2D eigenvalue weighted by Crippen LogP contribution is -2.40. The molecular formula is C23H33N5O3S. The van der Waals surface area contributed by atoms with Gasteiger partial charge in [0, 0.05) is 24.3 Å². The average Bonchev–Trinajstić information content (AvgIpc) is 2.99. The van der Waals surface area contributed by atoms with E-state index in [2.05, 4.69) is 49.9 Å². The van der Waals surface area contributed by atoms with E-state index in [1.165, 1.54) is 18.3 Å². The molecular weight excluding hydrogens is 426 g/mol. The minimum atomic E-state index is -4.11. The Hall–Kier alpha value is -2.68. The van der Waals surface area contributed by atoms with Crippen molar-refractivity contribution in [2.24, 2.45) is 17.6 Å². The van der Waals surface area contributed by atoms with E-state index in [4.69, 9.17) is 5.73 Å². The summed E-state index contributed by atoms with van der Waals surface area (Å²) < 4.78 is 27.2. The van der Waals surface area contributed by atoms with Crippen molar-refractivity contribution in [3.8, 4) is 0 Å². The molecule has 0 bridgehead atoms. The average molecular weight is 460 g/mol. The quantitative estimate of drug-likeness (QED) is 0.650. The van der Waals surface area contributed by atoms with E-state index >= 15 is 0 Å². The topological polar surface area (TPSA) is 118 Å². The van der Waals surface area contributed by atoms with E-state index in [1.807, 2.05) is 11.8 Å². The number of primary amides is 1. The monoisotopic (exact) mass is 459 g/mol. The van der Waals surface area contributed by atoms with Crippen LogP contribution < -0.4 is 16.0 Å². The summed E-state index contributed by atoms with van der Waals surface area (Å²) in [7, 11) is -4.11. The first-order valence-corrected chi connectivity index (χ1v) is 12.4. The molecule has 0 radical (unpaired) electrons. The van der Waals surface area contributed by atoms with Gasteiger partial charge in [-0.25, -0.2) is 18.4 Å². The van der Waals surface area contributed by atoms with E-state index in [9.17, 15) is 13.2 Å². The number of carbonyl (C=O) groups is 1. The molecule has 32 heavy (non-hydrogen) atoms. The number of aromatic nitrogens is 2. The molecule has 3 rings (SSSR count). The third-order valence-corrected chi connectivity index (χ3v) is 7.83. The third-order valence-electron chi connectivity index (χ3n) is 6.13. The SMILES string of the molecule is CC1CN(c2nccc(S(=O)(=O)c3cccc(N[C@H](C)C(C)C)n3)c2C(N)=O)C(C)(C)C1. The molecule has 2 aromatic rings. The number of hydrogen-bond acceptors (Lipinski definition) is 7. The predicted molar refractivity (Wildman–Crippen MR) is 126 cm³/mol. The molecule has 0 aliphatic carbocycles. The number of amides is 1. The maximum absolute atomic E-state index is 13.6. The van der Waals surface area contributed by atoms with Crippen molar-refractivity contribution in [3.05, 3.63) is 36.0 Å². The number of sulfone groups is 1. The maximum Gasteiger partial charge on any atom is 0.253 e. The Morgan fingerprint density at radius 1 is 1.25 bits per heavy atom. The van der Waals surface area contributed by atoms with E-state index in [-0.39, 0.29) is 27.1 Å². The van der Waals surface area contributed by atoms with Crippen LogP contribution in [0.2, 0.25) is 0 Å². The number of anilines is 2. The molecule has 1 fully saturated rings. The molecule has 9 heteroatoms. The fourth-order valence-corrected chi connectivity index (χ4v) is 5.61. The lowest BCUT2D eigenvalue weighted by molar-refractivity contribution is 0.0997. The van der Waals surface area contributed by atoms with E-state index in [1.54, 1.807) is 12.1 Å². The largest absolute Gasteiger partial charge is 0.367 e. The van der Waals surface area contributed by atoms with Crippen LogP contribution in [-0.2, 0) is 9.84 Å². The molecule has 2 atom stereocenters. The van der Waals surface area contributed by atoms with Gasteiger partial charge >= 0.3 is 0 Å². The number of rotatable bonds is 7. The van der Waals surface area contributed by atoms with Gasteiger partial charge in [0.1, 0.15) is 17.2 Å². The number of pyridine rings is 2. The predicted octanol–water partition coefficient (Wildman–Crippen LogP) is 3.49. The summed E-state index contributed by atoms with van der Waals surface area (Å²) >= 11 is 0. The molecule has 1 amide bonds. The first-order valence-electron chi connectivity index (χ1n) is 10.9. The van der Waals surface area contributed by atoms with Gasteiger partial charge in [-0.05, 0) is 57.2 Å². The van der Waals surface area contributed by atoms with Crippen molar-refractivity contribution in [1.29, 1.82) is 0 Å². The van der Waals surface area contributed by atoms with Crippen LogP contribution in [0.4, 0.5) is 11.6 Å². The zero-order chi connectivity index (χ0) is 23.8.